The average Bonchev–Trinajstić information content (AvgIpc) is 3.54. The molecule has 2 heterocycles. The lowest BCUT2D eigenvalue weighted by molar-refractivity contribution is 0.0913. The number of rotatable bonds is 10. The number of hydrogen-bond acceptors (Lipinski definition) is 7. The van der Waals surface area contributed by atoms with Crippen LogP contribution in [0.4, 0.5) is 0 Å². The minimum Gasteiger partial charge on any atom is -0.490 e. The van der Waals surface area contributed by atoms with Crippen LogP contribution >= 0.6 is 0 Å². The van der Waals surface area contributed by atoms with E-state index in [0.717, 1.165) is 24.2 Å². The molecule has 0 saturated heterocycles. The Labute approximate surface area is 187 Å². The number of amides is 1. The van der Waals surface area contributed by atoms with Gasteiger partial charge in [0.1, 0.15) is 12.6 Å². The number of carbonyl (C=O) groups excluding carboxylic acids is 1. The van der Waals surface area contributed by atoms with E-state index >= 15 is 0 Å². The molecule has 1 aliphatic rings. The molecule has 0 aliphatic heterocycles. The summed E-state index contributed by atoms with van der Waals surface area (Å²) in [6, 6.07) is 8.58. The maximum atomic E-state index is 13.0. The highest BCUT2D eigenvalue weighted by atomic mass is 16.5. The normalized spacial score (nSPS) is 14.2. The minimum atomic E-state index is -0.374. The molecular formula is C24H28N4O4. The van der Waals surface area contributed by atoms with Crippen LogP contribution in [0.1, 0.15) is 73.2 Å². The van der Waals surface area contributed by atoms with Crippen molar-refractivity contribution in [2.24, 2.45) is 5.92 Å². The zero-order valence-electron chi connectivity index (χ0n) is 18.6. The number of carbonyl (C=O) groups is 1. The Morgan fingerprint density at radius 2 is 1.94 bits per heavy atom. The van der Waals surface area contributed by atoms with Crippen molar-refractivity contribution in [2.75, 3.05) is 6.61 Å². The Morgan fingerprint density at radius 1 is 1.16 bits per heavy atom. The molecule has 1 aliphatic carbocycles. The standard InChI is InChI=1S/C24H28N4O4/c1-4-30-20-13-18(7-8-19(20)31-14-16-9-11-25-12-10-16)23(29)26-21(15(2)3)24-27-22(28-32-24)17-5-6-17/h7-13,15,17,21H,4-6,14H2,1-3H3,(H,26,29). The molecule has 4 rings (SSSR count). The first-order valence-electron chi connectivity index (χ1n) is 11.0. The fourth-order valence-electron chi connectivity index (χ4n) is 3.30. The largest absolute Gasteiger partial charge is 0.490 e. The van der Waals surface area contributed by atoms with Gasteiger partial charge in [-0.05, 0) is 61.6 Å². The minimum absolute atomic E-state index is 0.0841. The Bertz CT molecular complexity index is 1050. The molecule has 8 heteroatoms. The summed E-state index contributed by atoms with van der Waals surface area (Å²) in [5, 5.41) is 7.11. The van der Waals surface area contributed by atoms with Gasteiger partial charge in [-0.2, -0.15) is 4.98 Å². The number of nitrogens with one attached hydrogen (secondary N) is 1. The number of ether oxygens (including phenoxy) is 2. The predicted octanol–water partition coefficient (Wildman–Crippen LogP) is 4.45. The summed E-state index contributed by atoms with van der Waals surface area (Å²) in [5.41, 5.74) is 1.46. The summed E-state index contributed by atoms with van der Waals surface area (Å²) in [7, 11) is 0. The summed E-state index contributed by atoms with van der Waals surface area (Å²) >= 11 is 0. The van der Waals surface area contributed by atoms with Crippen LogP contribution in [0.15, 0.2) is 47.2 Å². The monoisotopic (exact) mass is 436 g/mol. The lowest BCUT2D eigenvalue weighted by Gasteiger charge is -2.19. The van der Waals surface area contributed by atoms with Gasteiger partial charge in [0.2, 0.25) is 5.89 Å². The number of aromatic nitrogens is 3. The van der Waals surface area contributed by atoms with Crippen LogP contribution in [0.25, 0.3) is 0 Å². The molecule has 8 nitrogen and oxygen atoms in total. The fraction of sp³-hybridized carbons (Fsp3) is 0.417. The third-order valence-corrected chi connectivity index (χ3v) is 5.27. The van der Waals surface area contributed by atoms with E-state index in [9.17, 15) is 4.79 Å². The van der Waals surface area contributed by atoms with Crippen molar-refractivity contribution in [2.45, 2.75) is 52.2 Å². The molecular weight excluding hydrogens is 408 g/mol. The average molecular weight is 437 g/mol. The zero-order valence-corrected chi connectivity index (χ0v) is 18.6. The third-order valence-electron chi connectivity index (χ3n) is 5.27. The van der Waals surface area contributed by atoms with Crippen LogP contribution in [0.2, 0.25) is 0 Å². The highest BCUT2D eigenvalue weighted by Crippen LogP contribution is 2.38. The molecule has 2 aromatic heterocycles. The molecule has 3 aromatic rings. The number of benzene rings is 1. The first-order valence-corrected chi connectivity index (χ1v) is 11.0. The van der Waals surface area contributed by atoms with Crippen molar-refractivity contribution in [1.29, 1.82) is 0 Å². The van der Waals surface area contributed by atoms with Gasteiger partial charge in [-0.25, -0.2) is 0 Å². The van der Waals surface area contributed by atoms with Gasteiger partial charge < -0.3 is 19.3 Å². The lowest BCUT2D eigenvalue weighted by atomic mass is 10.0. The second-order valence-corrected chi connectivity index (χ2v) is 8.20. The molecule has 1 amide bonds. The first-order chi connectivity index (χ1) is 15.5. The first kappa shape index (κ1) is 21.8. The fourth-order valence-corrected chi connectivity index (χ4v) is 3.30. The van der Waals surface area contributed by atoms with Gasteiger partial charge in [-0.15, -0.1) is 0 Å². The zero-order chi connectivity index (χ0) is 22.5. The lowest BCUT2D eigenvalue weighted by Crippen LogP contribution is -2.32. The molecule has 168 valence electrons. The molecule has 1 aromatic carbocycles. The summed E-state index contributed by atoms with van der Waals surface area (Å²) in [6.07, 6.45) is 5.62. The van der Waals surface area contributed by atoms with Gasteiger partial charge in [-0.1, -0.05) is 19.0 Å². The maximum Gasteiger partial charge on any atom is 0.252 e. The third kappa shape index (κ3) is 5.25. The van der Waals surface area contributed by atoms with Gasteiger partial charge in [0.25, 0.3) is 5.91 Å². The number of pyridine rings is 1. The Balaban J connectivity index is 1.48. The van der Waals surface area contributed by atoms with Crippen molar-refractivity contribution in [1.82, 2.24) is 20.4 Å². The van der Waals surface area contributed by atoms with Crippen LogP contribution in [-0.2, 0) is 6.61 Å². The van der Waals surface area contributed by atoms with Crippen LogP contribution < -0.4 is 14.8 Å². The van der Waals surface area contributed by atoms with Gasteiger partial charge in [0.15, 0.2) is 17.3 Å². The molecule has 32 heavy (non-hydrogen) atoms. The van der Waals surface area contributed by atoms with Crippen LogP contribution in [0.5, 0.6) is 11.5 Å². The van der Waals surface area contributed by atoms with Crippen LogP contribution in [0.3, 0.4) is 0 Å². The Hall–Kier alpha value is -3.42. The van der Waals surface area contributed by atoms with Crippen molar-refractivity contribution in [3.05, 3.63) is 65.6 Å². The van der Waals surface area contributed by atoms with Crippen molar-refractivity contribution >= 4 is 5.91 Å². The van der Waals surface area contributed by atoms with Gasteiger partial charge in [-0.3, -0.25) is 9.78 Å². The molecule has 0 radical (unpaired) electrons. The van der Waals surface area contributed by atoms with E-state index in [2.05, 4.69) is 20.4 Å². The molecule has 1 atom stereocenters. The van der Waals surface area contributed by atoms with Crippen molar-refractivity contribution in [3.8, 4) is 11.5 Å². The molecule has 1 fully saturated rings. The number of nitrogens with zero attached hydrogens (tertiary/aromatic N) is 3. The number of hydrogen-bond donors (Lipinski definition) is 1. The highest BCUT2D eigenvalue weighted by Gasteiger charge is 2.31. The SMILES string of the molecule is CCOc1cc(C(=O)NC(c2nc(C3CC3)no2)C(C)C)ccc1OCc1ccncc1. The highest BCUT2D eigenvalue weighted by molar-refractivity contribution is 5.95. The quantitative estimate of drug-likeness (QED) is 0.501. The molecule has 0 bridgehead atoms. The second kappa shape index (κ2) is 9.80. The summed E-state index contributed by atoms with van der Waals surface area (Å²) in [4.78, 5) is 21.6. The molecule has 1 unspecified atom stereocenters. The molecule has 0 spiro atoms. The van der Waals surface area contributed by atoms with Crippen LogP contribution in [-0.4, -0.2) is 27.6 Å². The van der Waals surface area contributed by atoms with E-state index < -0.39 is 0 Å². The van der Waals surface area contributed by atoms with Crippen LogP contribution in [0, 0.1) is 5.92 Å². The molecule has 1 N–H and O–H groups in total. The van der Waals surface area contributed by atoms with Gasteiger partial charge in [0, 0.05) is 23.9 Å². The maximum absolute atomic E-state index is 13.0. The van der Waals surface area contributed by atoms with E-state index in [4.69, 9.17) is 14.0 Å². The molecule has 1 saturated carbocycles. The van der Waals surface area contributed by atoms with E-state index in [1.165, 1.54) is 0 Å². The second-order valence-electron chi connectivity index (χ2n) is 8.20. The summed E-state index contributed by atoms with van der Waals surface area (Å²) < 4.78 is 17.1. The van der Waals surface area contributed by atoms with E-state index in [-0.39, 0.29) is 17.9 Å². The van der Waals surface area contributed by atoms with E-state index in [1.54, 1.807) is 30.6 Å². The Kier molecular flexibility index (Phi) is 6.68. The Morgan fingerprint density at radius 3 is 2.62 bits per heavy atom. The van der Waals surface area contributed by atoms with Gasteiger partial charge in [0.05, 0.1) is 6.61 Å². The summed E-state index contributed by atoms with van der Waals surface area (Å²) in [6.45, 7) is 6.74. The van der Waals surface area contributed by atoms with Gasteiger partial charge >= 0.3 is 0 Å². The topological polar surface area (TPSA) is 99.4 Å². The van der Waals surface area contributed by atoms with E-state index in [1.807, 2.05) is 32.9 Å². The van der Waals surface area contributed by atoms with E-state index in [0.29, 0.717) is 42.1 Å². The van der Waals surface area contributed by atoms with Crippen molar-refractivity contribution in [3.63, 3.8) is 0 Å². The predicted molar refractivity (Wildman–Crippen MR) is 117 cm³/mol. The van der Waals surface area contributed by atoms with Crippen molar-refractivity contribution < 1.29 is 18.8 Å². The smallest absolute Gasteiger partial charge is 0.252 e. The summed E-state index contributed by atoms with van der Waals surface area (Å²) in [5.74, 6) is 2.50.